The minimum atomic E-state index is -5.13. The van der Waals surface area contributed by atoms with E-state index in [1.165, 1.54) is 20.8 Å². The normalized spacial score (nSPS) is 21.6. The van der Waals surface area contributed by atoms with Crippen LogP contribution in [0.25, 0.3) is 0 Å². The van der Waals surface area contributed by atoms with Gasteiger partial charge in [-0.15, -0.1) is 13.2 Å². The third kappa shape index (κ3) is 10.2. The maximum absolute atomic E-state index is 13.5. The number of carbonyl (C=O) groups is 5. The van der Waals surface area contributed by atoms with Crippen molar-refractivity contribution >= 4 is 29.6 Å². The van der Waals surface area contributed by atoms with Gasteiger partial charge in [0.1, 0.15) is 12.1 Å². The Kier molecular flexibility index (Phi) is 9.90. The van der Waals surface area contributed by atoms with E-state index in [2.05, 4.69) is 15.4 Å². The van der Waals surface area contributed by atoms with Crippen molar-refractivity contribution in [2.75, 3.05) is 6.54 Å². The van der Waals surface area contributed by atoms with Gasteiger partial charge in [0.05, 0.1) is 12.1 Å². The fraction of sp³-hybridized carbons (Fsp3) is 0.783. The molecule has 4 amide bonds. The van der Waals surface area contributed by atoms with Crippen LogP contribution in [0.4, 0.5) is 26.7 Å². The van der Waals surface area contributed by atoms with E-state index in [4.69, 9.17) is 0 Å². The maximum atomic E-state index is 13.5. The maximum Gasteiger partial charge on any atom is 0.522 e. The molecule has 0 aromatic heterocycles. The molecule has 1 aliphatic carbocycles. The summed E-state index contributed by atoms with van der Waals surface area (Å²) in [7, 11) is 0. The number of nitrogens with one attached hydrogen (secondary N) is 3. The number of carboxylic acid groups (broad SMARTS) is 1. The van der Waals surface area contributed by atoms with E-state index in [9.17, 15) is 51.0 Å². The van der Waals surface area contributed by atoms with Crippen molar-refractivity contribution in [3.8, 4) is 0 Å². The molecular weight excluding hydrogens is 539 g/mol. The van der Waals surface area contributed by atoms with Crippen LogP contribution in [-0.2, 0) is 23.9 Å². The Balaban J connectivity index is 2.33. The van der Waals surface area contributed by atoms with Gasteiger partial charge in [-0.1, -0.05) is 20.8 Å². The van der Waals surface area contributed by atoms with Crippen molar-refractivity contribution in [2.24, 2.45) is 5.41 Å². The van der Waals surface area contributed by atoms with Crippen molar-refractivity contribution < 1.29 is 55.8 Å². The van der Waals surface area contributed by atoms with Crippen LogP contribution >= 0.6 is 0 Å². The summed E-state index contributed by atoms with van der Waals surface area (Å²) in [5, 5.41) is 15.7. The first-order valence-electron chi connectivity index (χ1n) is 12.3. The van der Waals surface area contributed by atoms with Gasteiger partial charge in [0, 0.05) is 25.4 Å². The van der Waals surface area contributed by atoms with Gasteiger partial charge in [-0.25, -0.2) is 13.6 Å². The molecule has 1 heterocycles. The molecule has 11 nitrogen and oxygen atoms in total. The number of Topliss-reactive ketones (excluding diaryl/α,β-unsaturated/α-hetero) is 1. The first-order valence-corrected chi connectivity index (χ1v) is 12.3. The number of ether oxygens (including phenoxy) is 1. The number of hydrogen-bond acceptors (Lipinski definition) is 6. The number of hydrogen-bond donors (Lipinski definition) is 4. The second kappa shape index (κ2) is 12.0. The molecule has 0 aromatic carbocycles. The molecule has 4 atom stereocenters. The predicted octanol–water partition coefficient (Wildman–Crippen LogP) is 1.94. The van der Waals surface area contributed by atoms with E-state index in [1.54, 1.807) is 0 Å². The molecule has 1 saturated carbocycles. The van der Waals surface area contributed by atoms with Crippen LogP contribution in [-0.4, -0.2) is 88.7 Å². The van der Waals surface area contributed by atoms with Gasteiger partial charge in [0.15, 0.2) is 0 Å². The van der Waals surface area contributed by atoms with Crippen molar-refractivity contribution in [1.82, 2.24) is 20.9 Å². The third-order valence-electron chi connectivity index (χ3n) is 6.17. The van der Waals surface area contributed by atoms with Crippen molar-refractivity contribution in [3.05, 3.63) is 0 Å². The van der Waals surface area contributed by atoms with Crippen molar-refractivity contribution in [2.45, 2.75) is 102 Å². The Morgan fingerprint density at radius 3 is 2.05 bits per heavy atom. The van der Waals surface area contributed by atoms with Crippen molar-refractivity contribution in [3.63, 3.8) is 0 Å². The molecular formula is C23H33F5N4O7. The first-order chi connectivity index (χ1) is 17.7. The molecule has 1 aliphatic heterocycles. The lowest BCUT2D eigenvalue weighted by Crippen LogP contribution is -2.59. The van der Waals surface area contributed by atoms with Gasteiger partial charge in [-0.3, -0.25) is 23.9 Å². The van der Waals surface area contributed by atoms with Crippen LogP contribution in [0.1, 0.15) is 59.8 Å². The van der Waals surface area contributed by atoms with Crippen molar-refractivity contribution in [1.29, 1.82) is 0 Å². The average molecular weight is 573 g/mol. The van der Waals surface area contributed by atoms with E-state index in [0.717, 1.165) is 0 Å². The van der Waals surface area contributed by atoms with Gasteiger partial charge in [-0.2, -0.15) is 0 Å². The summed E-state index contributed by atoms with van der Waals surface area (Å²) in [4.78, 5) is 63.5. The van der Waals surface area contributed by atoms with Gasteiger partial charge in [0.25, 0.3) is 5.91 Å². The predicted molar refractivity (Wildman–Crippen MR) is 123 cm³/mol. The number of alkyl halides is 5. The zero-order chi connectivity index (χ0) is 29.9. The summed E-state index contributed by atoms with van der Waals surface area (Å²) < 4.78 is 69.9. The van der Waals surface area contributed by atoms with Gasteiger partial charge in [0.2, 0.25) is 23.5 Å². The number of rotatable bonds is 11. The molecule has 2 rings (SSSR count). The summed E-state index contributed by atoms with van der Waals surface area (Å²) in [5.41, 5.74) is -1.08. The molecule has 1 saturated heterocycles. The average Bonchev–Trinajstić information content (AvgIpc) is 3.47. The van der Waals surface area contributed by atoms with Crippen LogP contribution in [0.5, 0.6) is 0 Å². The Morgan fingerprint density at radius 1 is 1.00 bits per heavy atom. The molecule has 16 heteroatoms. The summed E-state index contributed by atoms with van der Waals surface area (Å²) in [6.07, 6.45) is -9.48. The number of amides is 4. The summed E-state index contributed by atoms with van der Waals surface area (Å²) in [6, 6.07) is -5.19. The van der Waals surface area contributed by atoms with Crippen LogP contribution in [0.15, 0.2) is 0 Å². The summed E-state index contributed by atoms with van der Waals surface area (Å²) in [6.45, 7) is 4.27. The molecule has 2 aliphatic rings. The fourth-order valence-electron chi connectivity index (χ4n) is 4.08. The molecule has 39 heavy (non-hydrogen) atoms. The topological polar surface area (TPSA) is 154 Å². The third-order valence-corrected chi connectivity index (χ3v) is 6.17. The number of ketones is 1. The minimum absolute atomic E-state index is 0.260. The molecule has 222 valence electrons. The minimum Gasteiger partial charge on any atom is -0.465 e. The Labute approximate surface area is 221 Å². The number of halogens is 5. The van der Waals surface area contributed by atoms with Gasteiger partial charge >= 0.3 is 12.5 Å². The second-order valence-electron chi connectivity index (χ2n) is 11.0. The lowest BCUT2D eigenvalue weighted by molar-refractivity contribution is -0.340. The van der Waals surface area contributed by atoms with Crippen LogP contribution in [0, 0.1) is 5.41 Å². The SMILES string of the molecule is CC(F)(F)CCC(NC(=O)[C@@H]1C[C@@H](OC(F)(F)F)CN1C(=O)C(NC(=O)O)C(C)(C)C)C(=O)C(=O)NC1CC1. The first kappa shape index (κ1) is 32.2. The highest BCUT2D eigenvalue weighted by atomic mass is 19.4. The smallest absolute Gasteiger partial charge is 0.465 e. The quantitative estimate of drug-likeness (QED) is 0.218. The van der Waals surface area contributed by atoms with E-state index < -0.39 is 97.3 Å². The van der Waals surface area contributed by atoms with Crippen LogP contribution < -0.4 is 16.0 Å². The molecule has 2 fully saturated rings. The largest absolute Gasteiger partial charge is 0.522 e. The van der Waals surface area contributed by atoms with Crippen LogP contribution in [0.2, 0.25) is 0 Å². The molecule has 2 unspecified atom stereocenters. The zero-order valence-electron chi connectivity index (χ0n) is 21.9. The highest BCUT2D eigenvalue weighted by Crippen LogP contribution is 2.31. The Hall–Kier alpha value is -3.04. The second-order valence-corrected chi connectivity index (χ2v) is 11.0. The molecule has 0 radical (unpaired) electrons. The lowest BCUT2D eigenvalue weighted by Gasteiger charge is -2.35. The number of carbonyl (C=O) groups excluding carboxylic acids is 4. The molecule has 0 spiro atoms. The lowest BCUT2D eigenvalue weighted by atomic mass is 9.85. The zero-order valence-corrected chi connectivity index (χ0v) is 21.9. The molecule has 4 N–H and O–H groups in total. The van der Waals surface area contributed by atoms with Gasteiger partial charge in [-0.05, 0) is 31.6 Å². The Bertz CT molecular complexity index is 960. The Morgan fingerprint density at radius 2 is 1.59 bits per heavy atom. The monoisotopic (exact) mass is 572 g/mol. The summed E-state index contributed by atoms with van der Waals surface area (Å²) in [5.74, 6) is -7.82. The van der Waals surface area contributed by atoms with E-state index in [0.29, 0.717) is 24.7 Å². The highest BCUT2D eigenvalue weighted by molar-refractivity contribution is 6.38. The van der Waals surface area contributed by atoms with Crippen LogP contribution in [0.3, 0.4) is 0 Å². The number of likely N-dealkylation sites (tertiary alicyclic amines) is 1. The van der Waals surface area contributed by atoms with E-state index in [-0.39, 0.29) is 6.04 Å². The molecule has 0 bridgehead atoms. The molecule has 0 aromatic rings. The van der Waals surface area contributed by atoms with E-state index >= 15 is 0 Å². The standard InChI is InChI=1S/C23H33F5N4O7/c1-21(2,3)16(31-20(37)38)19(36)32-10-12(39-23(26,27)28)9-14(32)17(34)30-13(7-8-22(4,24)25)15(33)18(35)29-11-5-6-11/h11-14,16,31H,5-10H2,1-4H3,(H,29,35)(H,30,34)(H,37,38)/t12-,13?,14+,16?/m1/s1. The summed E-state index contributed by atoms with van der Waals surface area (Å²) >= 11 is 0. The number of nitrogens with zero attached hydrogens (tertiary/aromatic N) is 1. The fourth-order valence-corrected chi connectivity index (χ4v) is 4.08. The van der Waals surface area contributed by atoms with E-state index in [1.807, 2.05) is 5.32 Å². The highest BCUT2D eigenvalue weighted by Gasteiger charge is 2.48. The van der Waals surface area contributed by atoms with Gasteiger partial charge < -0.3 is 26.0 Å².